The molecule has 1 aromatic rings. The summed E-state index contributed by atoms with van der Waals surface area (Å²) in [4.78, 5) is 12.1. The minimum Gasteiger partial charge on any atom is -0.468 e. The number of hydrogen-bond acceptors (Lipinski definition) is 4. The number of esters is 1. The lowest BCUT2D eigenvalue weighted by Crippen LogP contribution is -2.51. The number of methoxy groups -OCH3 is 1. The molecule has 0 aliphatic heterocycles. The number of carbonyl (C=O) groups excluding carboxylic acids is 1. The molecule has 1 aromatic heterocycles. The van der Waals surface area contributed by atoms with Gasteiger partial charge in [0.25, 0.3) is 0 Å². The van der Waals surface area contributed by atoms with Gasteiger partial charge < -0.3 is 10.1 Å². The van der Waals surface area contributed by atoms with Gasteiger partial charge in [0.2, 0.25) is 0 Å². The van der Waals surface area contributed by atoms with Crippen LogP contribution in [0.4, 0.5) is 0 Å². The van der Waals surface area contributed by atoms with Crippen molar-refractivity contribution in [3.63, 3.8) is 0 Å². The minimum atomic E-state index is -0.548. The van der Waals surface area contributed by atoms with E-state index in [1.165, 1.54) is 7.11 Å². The highest BCUT2D eigenvalue weighted by molar-refractivity contribution is 9.10. The van der Waals surface area contributed by atoms with Gasteiger partial charge in [-0.05, 0) is 48.2 Å². The Labute approximate surface area is 121 Å². The summed E-state index contributed by atoms with van der Waals surface area (Å²) >= 11 is 3.40. The van der Waals surface area contributed by atoms with Crippen LogP contribution in [0.5, 0.6) is 0 Å². The second-order valence-electron chi connectivity index (χ2n) is 5.04. The van der Waals surface area contributed by atoms with E-state index in [1.54, 1.807) is 6.20 Å². The molecule has 1 fully saturated rings. The minimum absolute atomic E-state index is 0.158. The molecule has 1 N–H and O–H groups in total. The van der Waals surface area contributed by atoms with Crippen LogP contribution in [0.2, 0.25) is 0 Å². The summed E-state index contributed by atoms with van der Waals surface area (Å²) in [5, 5.41) is 7.69. The summed E-state index contributed by atoms with van der Waals surface area (Å²) in [6.07, 6.45) is 7.18. The zero-order chi connectivity index (χ0) is 13.9. The number of ether oxygens (including phenoxy) is 1. The molecule has 6 heteroatoms. The Kier molecular flexibility index (Phi) is 4.62. The molecule has 0 radical (unpaired) electrons. The van der Waals surface area contributed by atoms with Gasteiger partial charge >= 0.3 is 5.97 Å². The summed E-state index contributed by atoms with van der Waals surface area (Å²) in [6, 6.07) is 0.245. The van der Waals surface area contributed by atoms with Crippen molar-refractivity contribution in [1.82, 2.24) is 15.1 Å². The van der Waals surface area contributed by atoms with E-state index in [9.17, 15) is 4.79 Å². The van der Waals surface area contributed by atoms with Gasteiger partial charge in [0.1, 0.15) is 5.54 Å². The Hall–Kier alpha value is -0.880. The van der Waals surface area contributed by atoms with Gasteiger partial charge in [-0.15, -0.1) is 0 Å². The Morgan fingerprint density at radius 2 is 2.53 bits per heavy atom. The molecule has 1 saturated carbocycles. The molecule has 0 amide bonds. The topological polar surface area (TPSA) is 56.1 Å². The van der Waals surface area contributed by atoms with Crippen LogP contribution in [0.25, 0.3) is 0 Å². The molecule has 0 spiro atoms. The van der Waals surface area contributed by atoms with Gasteiger partial charge in [-0.1, -0.05) is 6.92 Å². The average molecular weight is 330 g/mol. The summed E-state index contributed by atoms with van der Waals surface area (Å²) in [5.41, 5.74) is -0.548. The third kappa shape index (κ3) is 3.00. The molecule has 2 rings (SSSR count). The van der Waals surface area contributed by atoms with Crippen molar-refractivity contribution in [2.24, 2.45) is 0 Å². The van der Waals surface area contributed by atoms with Crippen molar-refractivity contribution in [2.45, 2.75) is 44.2 Å². The largest absolute Gasteiger partial charge is 0.468 e. The first-order valence-electron chi connectivity index (χ1n) is 6.64. The fraction of sp³-hybridized carbons (Fsp3) is 0.692. The van der Waals surface area contributed by atoms with E-state index >= 15 is 0 Å². The van der Waals surface area contributed by atoms with Crippen LogP contribution in [-0.4, -0.2) is 34.9 Å². The molecule has 19 heavy (non-hydrogen) atoms. The molecule has 2 atom stereocenters. The van der Waals surface area contributed by atoms with Gasteiger partial charge in [0, 0.05) is 6.20 Å². The maximum atomic E-state index is 12.1. The van der Waals surface area contributed by atoms with Crippen LogP contribution in [0.15, 0.2) is 16.9 Å². The predicted molar refractivity (Wildman–Crippen MR) is 75.9 cm³/mol. The number of carbonyl (C=O) groups is 1. The molecule has 5 nitrogen and oxygen atoms in total. The smallest absolute Gasteiger partial charge is 0.326 e. The van der Waals surface area contributed by atoms with Gasteiger partial charge in [-0.25, -0.2) is 0 Å². The molecule has 1 heterocycles. The number of nitrogens with one attached hydrogen (secondary N) is 1. The first-order chi connectivity index (χ1) is 9.11. The fourth-order valence-corrected chi connectivity index (χ4v) is 3.04. The molecule has 106 valence electrons. The first-order valence-corrected chi connectivity index (χ1v) is 7.43. The van der Waals surface area contributed by atoms with Crippen molar-refractivity contribution in [3.05, 3.63) is 16.9 Å². The highest BCUT2D eigenvalue weighted by atomic mass is 79.9. The van der Waals surface area contributed by atoms with E-state index in [0.29, 0.717) is 0 Å². The molecule has 1 aliphatic carbocycles. The van der Waals surface area contributed by atoms with E-state index in [0.717, 1.165) is 36.7 Å². The first kappa shape index (κ1) is 14.5. The Morgan fingerprint density at radius 3 is 3.11 bits per heavy atom. The summed E-state index contributed by atoms with van der Waals surface area (Å²) in [7, 11) is 1.45. The van der Waals surface area contributed by atoms with Gasteiger partial charge in [0.15, 0.2) is 0 Å². The Bertz CT molecular complexity index is 449. The van der Waals surface area contributed by atoms with Crippen LogP contribution >= 0.6 is 15.9 Å². The lowest BCUT2D eigenvalue weighted by Gasteiger charge is -2.27. The van der Waals surface area contributed by atoms with Crippen molar-refractivity contribution < 1.29 is 9.53 Å². The van der Waals surface area contributed by atoms with Crippen molar-refractivity contribution in [1.29, 1.82) is 0 Å². The van der Waals surface area contributed by atoms with Gasteiger partial charge in [0.05, 0.1) is 23.8 Å². The van der Waals surface area contributed by atoms with Crippen molar-refractivity contribution >= 4 is 21.9 Å². The van der Waals surface area contributed by atoms with Gasteiger partial charge in [-0.3, -0.25) is 9.48 Å². The van der Waals surface area contributed by atoms with E-state index in [1.807, 2.05) is 10.9 Å². The third-order valence-electron chi connectivity index (χ3n) is 3.72. The van der Waals surface area contributed by atoms with Gasteiger partial charge in [-0.2, -0.15) is 5.10 Å². The van der Waals surface area contributed by atoms with Crippen LogP contribution in [0.1, 0.15) is 38.6 Å². The van der Waals surface area contributed by atoms with Crippen LogP contribution in [-0.2, 0) is 9.53 Å². The zero-order valence-corrected chi connectivity index (χ0v) is 12.9. The Morgan fingerprint density at radius 1 is 1.74 bits per heavy atom. The molecular formula is C13H20BrN3O2. The normalized spacial score (nSPS) is 26.6. The quantitative estimate of drug-likeness (QED) is 0.842. The summed E-state index contributed by atoms with van der Waals surface area (Å²) in [5.74, 6) is -0.158. The van der Waals surface area contributed by atoms with Crippen molar-refractivity contribution in [3.8, 4) is 0 Å². The molecule has 0 saturated heterocycles. The molecule has 2 unspecified atom stereocenters. The van der Waals surface area contributed by atoms with Crippen LogP contribution in [0, 0.1) is 0 Å². The van der Waals surface area contributed by atoms with E-state index in [-0.39, 0.29) is 12.0 Å². The maximum absolute atomic E-state index is 12.1. The second-order valence-corrected chi connectivity index (χ2v) is 5.95. The van der Waals surface area contributed by atoms with E-state index in [4.69, 9.17) is 4.74 Å². The number of rotatable bonds is 5. The summed E-state index contributed by atoms with van der Waals surface area (Å²) < 4.78 is 7.88. The lowest BCUT2D eigenvalue weighted by molar-refractivity contribution is -0.148. The lowest BCUT2D eigenvalue weighted by atomic mass is 9.97. The summed E-state index contributed by atoms with van der Waals surface area (Å²) in [6.45, 7) is 2.92. The average Bonchev–Trinajstić information content (AvgIpc) is 3.02. The highest BCUT2D eigenvalue weighted by Gasteiger charge is 2.46. The Balaban J connectivity index is 2.12. The molecule has 0 bridgehead atoms. The number of aromatic nitrogens is 2. The SMILES string of the molecule is CCCNC1(C(=O)OC)CCC(n2cc(Br)cn2)C1. The highest BCUT2D eigenvalue weighted by Crippen LogP contribution is 2.38. The number of nitrogens with zero attached hydrogens (tertiary/aromatic N) is 2. The van der Waals surface area contributed by atoms with Crippen molar-refractivity contribution in [2.75, 3.05) is 13.7 Å². The second kappa shape index (κ2) is 6.05. The standard InChI is InChI=1S/C13H20BrN3O2/c1-3-6-15-13(12(18)19-2)5-4-11(7-13)17-9-10(14)8-16-17/h8-9,11,15H,3-7H2,1-2H3. The zero-order valence-electron chi connectivity index (χ0n) is 11.4. The number of halogens is 1. The molecular weight excluding hydrogens is 310 g/mol. The van der Waals surface area contributed by atoms with E-state index in [2.05, 4.69) is 33.3 Å². The third-order valence-corrected chi connectivity index (χ3v) is 4.13. The monoisotopic (exact) mass is 329 g/mol. The predicted octanol–water partition coefficient (Wildman–Crippen LogP) is 2.28. The van der Waals surface area contributed by atoms with Crippen LogP contribution in [0.3, 0.4) is 0 Å². The van der Waals surface area contributed by atoms with E-state index < -0.39 is 5.54 Å². The number of hydrogen-bond donors (Lipinski definition) is 1. The molecule has 0 aromatic carbocycles. The maximum Gasteiger partial charge on any atom is 0.326 e. The van der Waals surface area contributed by atoms with Crippen LogP contribution < -0.4 is 5.32 Å². The molecule has 1 aliphatic rings. The fourth-order valence-electron chi connectivity index (χ4n) is 2.74.